The lowest BCUT2D eigenvalue weighted by molar-refractivity contribution is 0.485. The number of aryl methyl sites for hydroxylation is 1. The summed E-state index contributed by atoms with van der Waals surface area (Å²) in [6.45, 7) is 5.85. The van der Waals surface area contributed by atoms with E-state index in [0.717, 1.165) is 17.0 Å². The summed E-state index contributed by atoms with van der Waals surface area (Å²) in [4.78, 5) is 4.52. The molecule has 15 heavy (non-hydrogen) atoms. The molecule has 0 aliphatic carbocycles. The van der Waals surface area contributed by atoms with Crippen LogP contribution >= 0.6 is 0 Å². The predicted octanol–water partition coefficient (Wildman–Crippen LogP) is 3.24. The number of pyridine rings is 1. The molecule has 2 rings (SSSR count). The van der Waals surface area contributed by atoms with Gasteiger partial charge in [0.05, 0.1) is 5.69 Å². The summed E-state index contributed by atoms with van der Waals surface area (Å²) in [6.07, 6.45) is 1.89. The van der Waals surface area contributed by atoms with E-state index >= 15 is 0 Å². The number of halogens is 1. The molecular formula is C12H15FN2. The van der Waals surface area contributed by atoms with E-state index in [1.807, 2.05) is 17.5 Å². The van der Waals surface area contributed by atoms with Crippen LogP contribution in [0, 0.1) is 6.92 Å². The molecule has 0 saturated heterocycles. The van der Waals surface area contributed by atoms with E-state index in [-0.39, 0.29) is 0 Å². The number of fused-ring (bicyclic) bond motifs is 1. The van der Waals surface area contributed by atoms with Gasteiger partial charge in [-0.25, -0.2) is 9.37 Å². The molecule has 0 saturated carbocycles. The number of hydrogen-bond donors (Lipinski definition) is 0. The molecule has 2 heterocycles. The molecule has 0 fully saturated rings. The summed E-state index contributed by atoms with van der Waals surface area (Å²) in [6, 6.07) is 3.60. The first-order chi connectivity index (χ1) is 7.13. The minimum absolute atomic E-state index is 0.402. The monoisotopic (exact) mass is 206 g/mol. The van der Waals surface area contributed by atoms with Crippen molar-refractivity contribution in [3.63, 3.8) is 0 Å². The summed E-state index contributed by atoms with van der Waals surface area (Å²) in [7, 11) is 0. The van der Waals surface area contributed by atoms with Crippen LogP contribution in [-0.2, 0) is 6.67 Å². The minimum atomic E-state index is -0.431. The van der Waals surface area contributed by atoms with E-state index in [1.54, 1.807) is 12.1 Å². The molecule has 0 N–H and O–H groups in total. The van der Waals surface area contributed by atoms with Crippen molar-refractivity contribution in [3.8, 4) is 0 Å². The van der Waals surface area contributed by atoms with Gasteiger partial charge in [-0.2, -0.15) is 0 Å². The van der Waals surface area contributed by atoms with Crippen molar-refractivity contribution >= 4 is 5.65 Å². The van der Waals surface area contributed by atoms with Crippen molar-refractivity contribution in [1.82, 2.24) is 9.38 Å². The van der Waals surface area contributed by atoms with Gasteiger partial charge in [-0.1, -0.05) is 13.8 Å². The SMILES string of the molecule is Cc1c(C(C)C)nc2cc(CF)ccn12. The van der Waals surface area contributed by atoms with Gasteiger partial charge in [0.2, 0.25) is 0 Å². The van der Waals surface area contributed by atoms with Crippen LogP contribution in [0.3, 0.4) is 0 Å². The van der Waals surface area contributed by atoms with Gasteiger partial charge in [-0.15, -0.1) is 0 Å². The molecule has 0 aliphatic heterocycles. The Balaban J connectivity index is 2.65. The van der Waals surface area contributed by atoms with E-state index in [9.17, 15) is 4.39 Å². The van der Waals surface area contributed by atoms with E-state index in [1.165, 1.54) is 0 Å². The van der Waals surface area contributed by atoms with Crippen LogP contribution in [0.2, 0.25) is 0 Å². The summed E-state index contributed by atoms with van der Waals surface area (Å²) >= 11 is 0. The van der Waals surface area contributed by atoms with Crippen LogP contribution in [-0.4, -0.2) is 9.38 Å². The fourth-order valence-electron chi connectivity index (χ4n) is 1.86. The zero-order chi connectivity index (χ0) is 11.0. The maximum atomic E-state index is 12.5. The Hall–Kier alpha value is -1.38. The lowest BCUT2D eigenvalue weighted by Gasteiger charge is -2.01. The van der Waals surface area contributed by atoms with Gasteiger partial charge in [0.15, 0.2) is 0 Å². The zero-order valence-corrected chi connectivity index (χ0v) is 9.29. The Morgan fingerprint density at radius 1 is 1.47 bits per heavy atom. The second-order valence-corrected chi connectivity index (χ2v) is 4.13. The normalized spacial score (nSPS) is 11.5. The highest BCUT2D eigenvalue weighted by Crippen LogP contribution is 2.20. The average molecular weight is 206 g/mol. The topological polar surface area (TPSA) is 17.3 Å². The molecule has 0 atom stereocenters. The second kappa shape index (κ2) is 3.65. The maximum absolute atomic E-state index is 12.5. The molecule has 0 unspecified atom stereocenters. The molecule has 80 valence electrons. The van der Waals surface area contributed by atoms with Crippen molar-refractivity contribution in [2.75, 3.05) is 0 Å². The van der Waals surface area contributed by atoms with Gasteiger partial charge in [-0.3, -0.25) is 0 Å². The lowest BCUT2D eigenvalue weighted by atomic mass is 10.1. The number of hydrogen-bond acceptors (Lipinski definition) is 1. The Morgan fingerprint density at radius 2 is 2.20 bits per heavy atom. The molecule has 2 aromatic heterocycles. The highest BCUT2D eigenvalue weighted by molar-refractivity contribution is 5.46. The quantitative estimate of drug-likeness (QED) is 0.737. The highest BCUT2D eigenvalue weighted by Gasteiger charge is 2.11. The van der Waals surface area contributed by atoms with Gasteiger partial charge < -0.3 is 4.40 Å². The van der Waals surface area contributed by atoms with Gasteiger partial charge >= 0.3 is 0 Å². The standard InChI is InChI=1S/C12H15FN2/c1-8(2)12-9(3)15-5-4-10(7-13)6-11(15)14-12/h4-6,8H,7H2,1-3H3. The van der Waals surface area contributed by atoms with Crippen LogP contribution in [0.15, 0.2) is 18.3 Å². The number of aromatic nitrogens is 2. The van der Waals surface area contributed by atoms with E-state index in [4.69, 9.17) is 0 Å². The first kappa shape index (κ1) is 10.1. The fraction of sp³-hybridized carbons (Fsp3) is 0.417. The molecule has 0 aromatic carbocycles. The smallest absolute Gasteiger partial charge is 0.137 e. The molecule has 0 radical (unpaired) electrons. The van der Waals surface area contributed by atoms with E-state index in [0.29, 0.717) is 11.5 Å². The predicted molar refractivity (Wildman–Crippen MR) is 58.8 cm³/mol. The first-order valence-corrected chi connectivity index (χ1v) is 5.17. The van der Waals surface area contributed by atoms with Crippen molar-refractivity contribution in [3.05, 3.63) is 35.3 Å². The third kappa shape index (κ3) is 1.62. The van der Waals surface area contributed by atoms with Crippen LogP contribution < -0.4 is 0 Å². The molecule has 3 heteroatoms. The number of alkyl halides is 1. The first-order valence-electron chi connectivity index (χ1n) is 5.17. The third-order valence-corrected chi connectivity index (χ3v) is 2.67. The van der Waals surface area contributed by atoms with Crippen LogP contribution in [0.4, 0.5) is 4.39 Å². The second-order valence-electron chi connectivity index (χ2n) is 4.13. The van der Waals surface area contributed by atoms with Crippen molar-refractivity contribution < 1.29 is 4.39 Å². The van der Waals surface area contributed by atoms with Crippen molar-refractivity contribution in [1.29, 1.82) is 0 Å². The Kier molecular flexibility index (Phi) is 2.47. The Labute approximate surface area is 88.8 Å². The van der Waals surface area contributed by atoms with Gasteiger partial charge in [-0.05, 0) is 30.5 Å². The molecule has 0 spiro atoms. The summed E-state index contributed by atoms with van der Waals surface area (Å²) in [5, 5.41) is 0. The van der Waals surface area contributed by atoms with Gasteiger partial charge in [0, 0.05) is 11.9 Å². The molecular weight excluding hydrogens is 191 g/mol. The molecule has 0 amide bonds. The largest absolute Gasteiger partial charge is 0.304 e. The van der Waals surface area contributed by atoms with Crippen molar-refractivity contribution in [2.45, 2.75) is 33.4 Å². The van der Waals surface area contributed by atoms with Crippen LogP contribution in [0.1, 0.15) is 36.7 Å². The lowest BCUT2D eigenvalue weighted by Crippen LogP contribution is -1.92. The van der Waals surface area contributed by atoms with Crippen molar-refractivity contribution in [2.24, 2.45) is 0 Å². The summed E-state index contributed by atoms with van der Waals surface area (Å²) < 4.78 is 14.5. The Bertz CT molecular complexity index is 486. The minimum Gasteiger partial charge on any atom is -0.304 e. The number of imidazole rings is 1. The fourth-order valence-corrected chi connectivity index (χ4v) is 1.86. The molecule has 2 nitrogen and oxygen atoms in total. The number of nitrogens with zero attached hydrogens (tertiary/aromatic N) is 2. The number of rotatable bonds is 2. The van der Waals surface area contributed by atoms with Crippen LogP contribution in [0.25, 0.3) is 5.65 Å². The zero-order valence-electron chi connectivity index (χ0n) is 9.29. The third-order valence-electron chi connectivity index (χ3n) is 2.67. The molecule has 0 bridgehead atoms. The Morgan fingerprint density at radius 3 is 2.80 bits per heavy atom. The van der Waals surface area contributed by atoms with Gasteiger partial charge in [0.1, 0.15) is 12.3 Å². The molecule has 2 aromatic rings. The maximum Gasteiger partial charge on any atom is 0.137 e. The van der Waals surface area contributed by atoms with Crippen LogP contribution in [0.5, 0.6) is 0 Å². The summed E-state index contributed by atoms with van der Waals surface area (Å²) in [5.41, 5.74) is 3.76. The van der Waals surface area contributed by atoms with E-state index < -0.39 is 6.67 Å². The highest BCUT2D eigenvalue weighted by atomic mass is 19.1. The molecule has 0 aliphatic rings. The average Bonchev–Trinajstić information content (AvgIpc) is 2.55. The summed E-state index contributed by atoms with van der Waals surface area (Å²) in [5.74, 6) is 0.402. The van der Waals surface area contributed by atoms with E-state index in [2.05, 4.69) is 18.8 Å². The van der Waals surface area contributed by atoms with Gasteiger partial charge in [0.25, 0.3) is 0 Å².